The van der Waals surface area contributed by atoms with Gasteiger partial charge in [-0.1, -0.05) is 19.8 Å². The highest BCUT2D eigenvalue weighted by molar-refractivity contribution is 5.87. The zero-order valence-corrected chi connectivity index (χ0v) is 12.0. The summed E-state index contributed by atoms with van der Waals surface area (Å²) in [6.45, 7) is 6.64. The molecule has 1 amide bonds. The fourth-order valence-corrected chi connectivity index (χ4v) is 3.03. The molecule has 2 fully saturated rings. The average molecular weight is 253 g/mol. The van der Waals surface area contributed by atoms with Crippen molar-refractivity contribution < 1.29 is 4.79 Å². The molecular formula is C14H27N3O. The molecule has 1 atom stereocenters. The minimum absolute atomic E-state index is 0.268. The van der Waals surface area contributed by atoms with Gasteiger partial charge in [0.2, 0.25) is 5.91 Å². The summed E-state index contributed by atoms with van der Waals surface area (Å²) in [5.74, 6) is 0.268. The van der Waals surface area contributed by atoms with Crippen LogP contribution in [0.4, 0.5) is 0 Å². The lowest BCUT2D eigenvalue weighted by atomic mass is 9.99. The standard InChI is InChI=1S/C14H27N3O/c1-4-14(2)13(18)17(11-15-14)10-9-16(3)12-7-5-6-8-12/h12,15H,4-11H2,1-3H3. The van der Waals surface area contributed by atoms with Crippen molar-refractivity contribution in [2.45, 2.75) is 57.5 Å². The molecule has 0 aromatic carbocycles. The first kappa shape index (κ1) is 13.8. The summed E-state index contributed by atoms with van der Waals surface area (Å²) >= 11 is 0. The summed E-state index contributed by atoms with van der Waals surface area (Å²) in [6, 6.07) is 0.744. The van der Waals surface area contributed by atoms with Crippen molar-refractivity contribution in [2.75, 3.05) is 26.8 Å². The van der Waals surface area contributed by atoms with Gasteiger partial charge in [-0.25, -0.2) is 0 Å². The number of nitrogens with zero attached hydrogens (tertiary/aromatic N) is 2. The molecule has 4 heteroatoms. The maximum Gasteiger partial charge on any atom is 0.243 e. The lowest BCUT2D eigenvalue weighted by Gasteiger charge is -2.27. The molecule has 1 aliphatic carbocycles. The van der Waals surface area contributed by atoms with Crippen molar-refractivity contribution in [3.63, 3.8) is 0 Å². The number of hydrogen-bond acceptors (Lipinski definition) is 3. The molecule has 0 spiro atoms. The van der Waals surface area contributed by atoms with Gasteiger partial charge in [-0.3, -0.25) is 10.1 Å². The summed E-state index contributed by atoms with van der Waals surface area (Å²) < 4.78 is 0. The van der Waals surface area contributed by atoms with Gasteiger partial charge in [-0.05, 0) is 33.2 Å². The highest BCUT2D eigenvalue weighted by Gasteiger charge is 2.40. The molecule has 0 bridgehead atoms. The third kappa shape index (κ3) is 2.69. The normalized spacial score (nSPS) is 29.8. The zero-order chi connectivity index (χ0) is 13.2. The summed E-state index contributed by atoms with van der Waals surface area (Å²) in [7, 11) is 2.20. The van der Waals surface area contributed by atoms with E-state index in [0.29, 0.717) is 6.67 Å². The smallest absolute Gasteiger partial charge is 0.243 e. The van der Waals surface area contributed by atoms with Crippen molar-refractivity contribution in [1.29, 1.82) is 0 Å². The van der Waals surface area contributed by atoms with Crippen LogP contribution in [0.1, 0.15) is 46.0 Å². The highest BCUT2D eigenvalue weighted by Crippen LogP contribution is 2.23. The van der Waals surface area contributed by atoms with Crippen LogP contribution in [0, 0.1) is 0 Å². The lowest BCUT2D eigenvalue weighted by molar-refractivity contribution is -0.132. The Morgan fingerprint density at radius 1 is 1.44 bits per heavy atom. The fourth-order valence-electron chi connectivity index (χ4n) is 3.03. The Bertz CT molecular complexity index is 301. The second-order valence-electron chi connectivity index (χ2n) is 6.01. The summed E-state index contributed by atoms with van der Waals surface area (Å²) in [5.41, 5.74) is -0.327. The maximum atomic E-state index is 12.2. The molecular weight excluding hydrogens is 226 g/mol. The van der Waals surface area contributed by atoms with Crippen LogP contribution in [0.5, 0.6) is 0 Å². The van der Waals surface area contributed by atoms with Crippen molar-refractivity contribution in [1.82, 2.24) is 15.1 Å². The van der Waals surface area contributed by atoms with Gasteiger partial charge in [0.15, 0.2) is 0 Å². The first-order valence-corrected chi connectivity index (χ1v) is 7.31. The van der Waals surface area contributed by atoms with Crippen molar-refractivity contribution in [3.05, 3.63) is 0 Å². The fraction of sp³-hybridized carbons (Fsp3) is 0.929. The van der Waals surface area contributed by atoms with Crippen LogP contribution >= 0.6 is 0 Å². The first-order chi connectivity index (χ1) is 8.57. The molecule has 4 nitrogen and oxygen atoms in total. The number of nitrogens with one attached hydrogen (secondary N) is 1. The van der Waals surface area contributed by atoms with Crippen LogP contribution < -0.4 is 5.32 Å². The van der Waals surface area contributed by atoms with Crippen LogP contribution in [0.3, 0.4) is 0 Å². The molecule has 1 unspecified atom stereocenters. The van der Waals surface area contributed by atoms with Crippen LogP contribution in [0.15, 0.2) is 0 Å². The van der Waals surface area contributed by atoms with Gasteiger partial charge in [-0.2, -0.15) is 0 Å². The molecule has 18 heavy (non-hydrogen) atoms. The topological polar surface area (TPSA) is 35.6 Å². The first-order valence-electron chi connectivity index (χ1n) is 7.31. The summed E-state index contributed by atoms with van der Waals surface area (Å²) in [4.78, 5) is 16.6. The van der Waals surface area contributed by atoms with Crippen LogP contribution in [0.25, 0.3) is 0 Å². The van der Waals surface area contributed by atoms with Crippen molar-refractivity contribution in [3.8, 4) is 0 Å². The molecule has 1 saturated heterocycles. The van der Waals surface area contributed by atoms with E-state index in [1.807, 2.05) is 11.8 Å². The minimum atomic E-state index is -0.327. The van der Waals surface area contributed by atoms with Gasteiger partial charge in [0.25, 0.3) is 0 Å². The van der Waals surface area contributed by atoms with Gasteiger partial charge >= 0.3 is 0 Å². The van der Waals surface area contributed by atoms with E-state index in [1.165, 1.54) is 25.7 Å². The molecule has 1 N–H and O–H groups in total. The zero-order valence-electron chi connectivity index (χ0n) is 12.0. The van der Waals surface area contributed by atoms with E-state index in [2.05, 4.69) is 24.2 Å². The lowest BCUT2D eigenvalue weighted by Crippen LogP contribution is -2.44. The Morgan fingerprint density at radius 3 is 2.67 bits per heavy atom. The predicted molar refractivity (Wildman–Crippen MR) is 73.3 cm³/mol. The predicted octanol–water partition coefficient (Wildman–Crippen LogP) is 1.42. The van der Waals surface area contributed by atoms with Gasteiger partial charge in [0.05, 0.1) is 12.2 Å². The Kier molecular flexibility index (Phi) is 4.28. The molecule has 0 radical (unpaired) electrons. The summed E-state index contributed by atoms with van der Waals surface area (Å²) in [5, 5.41) is 3.33. The number of carbonyl (C=O) groups is 1. The Morgan fingerprint density at radius 2 is 2.11 bits per heavy atom. The van der Waals surface area contributed by atoms with Crippen LogP contribution in [-0.2, 0) is 4.79 Å². The Balaban J connectivity index is 1.79. The molecule has 1 aliphatic heterocycles. The molecule has 0 aromatic rings. The SMILES string of the molecule is CCC1(C)NCN(CCN(C)C2CCCC2)C1=O. The number of rotatable bonds is 5. The second-order valence-corrected chi connectivity index (χ2v) is 6.01. The number of carbonyl (C=O) groups excluding carboxylic acids is 1. The van der Waals surface area contributed by atoms with Gasteiger partial charge in [-0.15, -0.1) is 0 Å². The Labute approximate surface area is 111 Å². The number of likely N-dealkylation sites (N-methyl/N-ethyl adjacent to an activating group) is 1. The average Bonchev–Trinajstić information content (AvgIpc) is 2.99. The van der Waals surface area contributed by atoms with E-state index in [0.717, 1.165) is 25.6 Å². The van der Waals surface area contributed by atoms with Gasteiger partial charge in [0.1, 0.15) is 0 Å². The van der Waals surface area contributed by atoms with Gasteiger partial charge in [0, 0.05) is 19.1 Å². The van der Waals surface area contributed by atoms with Gasteiger partial charge < -0.3 is 9.80 Å². The largest absolute Gasteiger partial charge is 0.327 e. The van der Waals surface area contributed by atoms with E-state index in [-0.39, 0.29) is 11.4 Å². The monoisotopic (exact) mass is 253 g/mol. The molecule has 0 aromatic heterocycles. The number of amides is 1. The third-order valence-corrected chi connectivity index (χ3v) is 4.80. The highest BCUT2D eigenvalue weighted by atomic mass is 16.2. The van der Waals surface area contributed by atoms with E-state index in [1.54, 1.807) is 0 Å². The Hall–Kier alpha value is -0.610. The molecule has 2 aliphatic rings. The van der Waals surface area contributed by atoms with E-state index in [4.69, 9.17) is 0 Å². The summed E-state index contributed by atoms with van der Waals surface area (Å²) in [6.07, 6.45) is 6.26. The molecule has 1 saturated carbocycles. The van der Waals surface area contributed by atoms with Crippen molar-refractivity contribution in [2.24, 2.45) is 0 Å². The minimum Gasteiger partial charge on any atom is -0.327 e. The number of hydrogen-bond donors (Lipinski definition) is 1. The molecule has 104 valence electrons. The van der Waals surface area contributed by atoms with Crippen LogP contribution in [-0.4, -0.2) is 54.1 Å². The van der Waals surface area contributed by atoms with E-state index < -0.39 is 0 Å². The quantitative estimate of drug-likeness (QED) is 0.805. The van der Waals surface area contributed by atoms with Crippen LogP contribution in [0.2, 0.25) is 0 Å². The second kappa shape index (κ2) is 5.57. The van der Waals surface area contributed by atoms with E-state index in [9.17, 15) is 4.79 Å². The van der Waals surface area contributed by atoms with Crippen molar-refractivity contribution >= 4 is 5.91 Å². The third-order valence-electron chi connectivity index (χ3n) is 4.80. The van der Waals surface area contributed by atoms with E-state index >= 15 is 0 Å². The molecule has 2 rings (SSSR count). The maximum absolute atomic E-state index is 12.2. The molecule has 1 heterocycles.